The van der Waals surface area contributed by atoms with Crippen LogP contribution >= 0.6 is 11.8 Å². The summed E-state index contributed by atoms with van der Waals surface area (Å²) < 4.78 is 0. The molecule has 0 radical (unpaired) electrons. The lowest BCUT2D eigenvalue weighted by atomic mass is 10.1. The molecule has 0 aromatic heterocycles. The molecule has 1 unspecified atom stereocenters. The zero-order valence-electron chi connectivity index (χ0n) is 8.22. The van der Waals surface area contributed by atoms with Crippen LogP contribution in [0.5, 0.6) is 0 Å². The van der Waals surface area contributed by atoms with E-state index in [1.54, 1.807) is 0 Å². The Kier molecular flexibility index (Phi) is 6.14. The van der Waals surface area contributed by atoms with Gasteiger partial charge in [-0.15, -0.1) is 12.3 Å². The number of terminal acetylenes is 1. The first-order valence-corrected chi connectivity index (χ1v) is 6.33. The summed E-state index contributed by atoms with van der Waals surface area (Å²) in [4.78, 5) is 0. The maximum atomic E-state index is 5.18. The lowest BCUT2D eigenvalue weighted by molar-refractivity contribution is 0.496. The molecule has 0 bridgehead atoms. The molecule has 0 amide bonds. The minimum Gasteiger partial charge on any atom is -0.313 e. The van der Waals surface area contributed by atoms with Gasteiger partial charge in [0, 0.05) is 18.2 Å². The third-order valence-electron chi connectivity index (χ3n) is 2.34. The van der Waals surface area contributed by atoms with E-state index in [1.165, 1.54) is 37.2 Å². The number of rotatable bonds is 5. The Morgan fingerprint density at radius 2 is 2.38 bits per heavy atom. The molecule has 0 spiro atoms. The molecule has 2 heteroatoms. The lowest BCUT2D eigenvalue weighted by Crippen LogP contribution is -2.34. The van der Waals surface area contributed by atoms with Crippen LogP contribution in [0.4, 0.5) is 0 Å². The molecule has 0 saturated carbocycles. The normalized spacial score (nSPS) is 22.5. The van der Waals surface area contributed by atoms with Gasteiger partial charge in [0.05, 0.1) is 0 Å². The van der Waals surface area contributed by atoms with Crippen molar-refractivity contribution in [3.63, 3.8) is 0 Å². The molecule has 1 aliphatic heterocycles. The van der Waals surface area contributed by atoms with Gasteiger partial charge in [-0.1, -0.05) is 0 Å². The molecule has 1 aliphatic rings. The van der Waals surface area contributed by atoms with Gasteiger partial charge in [0.1, 0.15) is 0 Å². The largest absolute Gasteiger partial charge is 0.313 e. The van der Waals surface area contributed by atoms with Crippen molar-refractivity contribution in [2.75, 3.05) is 18.1 Å². The SMILES string of the molecule is C#CCCCCNC1CCCSC1. The quantitative estimate of drug-likeness (QED) is 0.536. The Morgan fingerprint density at radius 3 is 3.08 bits per heavy atom. The van der Waals surface area contributed by atoms with Crippen LogP contribution in [0, 0.1) is 12.3 Å². The number of unbranched alkanes of at least 4 members (excludes halogenated alkanes) is 2. The predicted octanol–water partition coefficient (Wildman–Crippen LogP) is 2.28. The molecular formula is C11H19NS. The summed E-state index contributed by atoms with van der Waals surface area (Å²) >= 11 is 2.08. The van der Waals surface area contributed by atoms with Crippen LogP contribution < -0.4 is 5.32 Å². The van der Waals surface area contributed by atoms with Crippen LogP contribution in [-0.4, -0.2) is 24.1 Å². The van der Waals surface area contributed by atoms with Gasteiger partial charge in [-0.25, -0.2) is 0 Å². The zero-order valence-corrected chi connectivity index (χ0v) is 9.04. The fraction of sp³-hybridized carbons (Fsp3) is 0.818. The second-order valence-corrected chi connectivity index (χ2v) is 4.68. The summed E-state index contributed by atoms with van der Waals surface area (Å²) in [6.07, 6.45) is 11.3. The van der Waals surface area contributed by atoms with Crippen LogP contribution in [0.15, 0.2) is 0 Å². The second kappa shape index (κ2) is 7.29. The molecule has 74 valence electrons. The van der Waals surface area contributed by atoms with Gasteiger partial charge in [-0.2, -0.15) is 11.8 Å². The summed E-state index contributed by atoms with van der Waals surface area (Å²) in [7, 11) is 0. The van der Waals surface area contributed by atoms with Gasteiger partial charge in [-0.3, -0.25) is 0 Å². The Labute approximate surface area is 86.1 Å². The zero-order chi connectivity index (χ0) is 9.36. The van der Waals surface area contributed by atoms with E-state index in [2.05, 4.69) is 23.0 Å². The first kappa shape index (κ1) is 10.9. The average molecular weight is 197 g/mol. The maximum absolute atomic E-state index is 5.18. The highest BCUT2D eigenvalue weighted by Gasteiger charge is 2.11. The van der Waals surface area contributed by atoms with Gasteiger partial charge in [-0.05, 0) is 38.0 Å². The lowest BCUT2D eigenvalue weighted by Gasteiger charge is -2.22. The highest BCUT2D eigenvalue weighted by Crippen LogP contribution is 2.16. The molecule has 1 saturated heterocycles. The fourth-order valence-electron chi connectivity index (χ4n) is 1.56. The molecule has 0 aromatic carbocycles. The molecule has 0 aromatic rings. The van der Waals surface area contributed by atoms with E-state index in [0.717, 1.165) is 19.0 Å². The van der Waals surface area contributed by atoms with E-state index in [0.29, 0.717) is 0 Å². The van der Waals surface area contributed by atoms with Crippen molar-refractivity contribution in [3.8, 4) is 12.3 Å². The Bertz CT molecular complexity index is 156. The molecular weight excluding hydrogens is 178 g/mol. The molecule has 1 fully saturated rings. The number of hydrogen-bond donors (Lipinski definition) is 1. The summed E-state index contributed by atoms with van der Waals surface area (Å²) in [6.45, 7) is 1.15. The van der Waals surface area contributed by atoms with Crippen LogP contribution in [0.25, 0.3) is 0 Å². The third-order valence-corrected chi connectivity index (χ3v) is 3.56. The monoisotopic (exact) mass is 197 g/mol. The molecule has 1 heterocycles. The van der Waals surface area contributed by atoms with E-state index in [1.807, 2.05) is 0 Å². The van der Waals surface area contributed by atoms with E-state index < -0.39 is 0 Å². The Hall–Kier alpha value is -0.130. The molecule has 1 atom stereocenters. The summed E-state index contributed by atoms with van der Waals surface area (Å²) in [5, 5.41) is 3.59. The number of thioether (sulfide) groups is 1. The Morgan fingerprint density at radius 1 is 1.46 bits per heavy atom. The van der Waals surface area contributed by atoms with Crippen molar-refractivity contribution in [2.45, 2.75) is 38.1 Å². The number of hydrogen-bond acceptors (Lipinski definition) is 2. The predicted molar refractivity (Wildman–Crippen MR) is 61.0 cm³/mol. The van der Waals surface area contributed by atoms with Crippen molar-refractivity contribution in [3.05, 3.63) is 0 Å². The van der Waals surface area contributed by atoms with Crippen LogP contribution in [-0.2, 0) is 0 Å². The standard InChI is InChI=1S/C11H19NS/c1-2-3-4-5-8-12-11-7-6-9-13-10-11/h1,11-12H,3-10H2. The van der Waals surface area contributed by atoms with Gasteiger partial charge >= 0.3 is 0 Å². The fourth-order valence-corrected chi connectivity index (χ4v) is 2.67. The topological polar surface area (TPSA) is 12.0 Å². The molecule has 1 N–H and O–H groups in total. The van der Waals surface area contributed by atoms with Crippen LogP contribution in [0.2, 0.25) is 0 Å². The second-order valence-electron chi connectivity index (χ2n) is 3.53. The highest BCUT2D eigenvalue weighted by atomic mass is 32.2. The highest BCUT2D eigenvalue weighted by molar-refractivity contribution is 7.99. The summed E-state index contributed by atoms with van der Waals surface area (Å²) in [5.74, 6) is 5.33. The van der Waals surface area contributed by atoms with Gasteiger partial charge in [0.15, 0.2) is 0 Å². The maximum Gasteiger partial charge on any atom is 0.0158 e. The van der Waals surface area contributed by atoms with Gasteiger partial charge in [0.2, 0.25) is 0 Å². The average Bonchev–Trinajstić information content (AvgIpc) is 2.19. The van der Waals surface area contributed by atoms with E-state index in [-0.39, 0.29) is 0 Å². The van der Waals surface area contributed by atoms with E-state index in [4.69, 9.17) is 6.42 Å². The molecule has 13 heavy (non-hydrogen) atoms. The van der Waals surface area contributed by atoms with E-state index >= 15 is 0 Å². The first-order valence-electron chi connectivity index (χ1n) is 5.18. The van der Waals surface area contributed by atoms with Crippen molar-refractivity contribution in [1.29, 1.82) is 0 Å². The molecule has 0 aliphatic carbocycles. The summed E-state index contributed by atoms with van der Waals surface area (Å²) in [6, 6.07) is 0.768. The third kappa shape index (κ3) is 5.23. The van der Waals surface area contributed by atoms with Crippen LogP contribution in [0.3, 0.4) is 0 Å². The molecule has 1 rings (SSSR count). The number of nitrogens with one attached hydrogen (secondary N) is 1. The Balaban J connectivity index is 1.90. The minimum absolute atomic E-state index is 0.768. The van der Waals surface area contributed by atoms with Crippen molar-refractivity contribution < 1.29 is 0 Å². The van der Waals surface area contributed by atoms with E-state index in [9.17, 15) is 0 Å². The summed E-state index contributed by atoms with van der Waals surface area (Å²) in [5.41, 5.74) is 0. The first-order chi connectivity index (χ1) is 6.43. The van der Waals surface area contributed by atoms with Gasteiger partial charge in [0.25, 0.3) is 0 Å². The van der Waals surface area contributed by atoms with Gasteiger partial charge < -0.3 is 5.32 Å². The van der Waals surface area contributed by atoms with Crippen molar-refractivity contribution in [1.82, 2.24) is 5.32 Å². The van der Waals surface area contributed by atoms with Crippen molar-refractivity contribution >= 4 is 11.8 Å². The molecule has 1 nitrogen and oxygen atoms in total. The van der Waals surface area contributed by atoms with Crippen LogP contribution in [0.1, 0.15) is 32.1 Å². The minimum atomic E-state index is 0.768. The van der Waals surface area contributed by atoms with Crippen molar-refractivity contribution in [2.24, 2.45) is 0 Å². The smallest absolute Gasteiger partial charge is 0.0158 e.